The SMILES string of the molecule is COc1cccc(-c2nc(C)oc2-c2cc(OC)c(OC)c(OC)c2)c1. The van der Waals surface area contributed by atoms with E-state index in [-0.39, 0.29) is 0 Å². The summed E-state index contributed by atoms with van der Waals surface area (Å²) in [4.78, 5) is 4.55. The van der Waals surface area contributed by atoms with Gasteiger partial charge in [-0.15, -0.1) is 0 Å². The third-order valence-corrected chi connectivity index (χ3v) is 4.00. The lowest BCUT2D eigenvalue weighted by Gasteiger charge is -2.13. The third-order valence-electron chi connectivity index (χ3n) is 4.00. The van der Waals surface area contributed by atoms with Crippen LogP contribution in [-0.4, -0.2) is 33.4 Å². The Bertz CT molecular complexity index is 891. The minimum Gasteiger partial charge on any atom is -0.497 e. The fourth-order valence-electron chi connectivity index (χ4n) is 2.80. The van der Waals surface area contributed by atoms with E-state index in [4.69, 9.17) is 23.4 Å². The van der Waals surface area contributed by atoms with Crippen LogP contribution in [0.3, 0.4) is 0 Å². The standard InChI is InChI=1S/C20H21NO5/c1-12-21-18(13-7-6-8-15(9-13)22-2)19(26-12)14-10-16(23-3)20(25-5)17(11-14)24-4/h6-11H,1-5H3. The first-order valence-electron chi connectivity index (χ1n) is 8.03. The van der Waals surface area contributed by atoms with Crippen LogP contribution in [0.25, 0.3) is 22.6 Å². The number of methoxy groups -OCH3 is 4. The number of oxazole rings is 1. The van der Waals surface area contributed by atoms with Crippen molar-refractivity contribution in [1.29, 1.82) is 0 Å². The van der Waals surface area contributed by atoms with E-state index in [1.807, 2.05) is 43.3 Å². The first-order valence-corrected chi connectivity index (χ1v) is 8.03. The van der Waals surface area contributed by atoms with Crippen molar-refractivity contribution in [2.24, 2.45) is 0 Å². The first kappa shape index (κ1) is 17.7. The summed E-state index contributed by atoms with van der Waals surface area (Å²) in [7, 11) is 6.36. The molecule has 0 bridgehead atoms. The van der Waals surface area contributed by atoms with Crippen molar-refractivity contribution in [2.45, 2.75) is 6.92 Å². The second-order valence-corrected chi connectivity index (χ2v) is 5.56. The average molecular weight is 355 g/mol. The molecule has 0 spiro atoms. The van der Waals surface area contributed by atoms with Crippen LogP contribution in [0.2, 0.25) is 0 Å². The van der Waals surface area contributed by atoms with Crippen molar-refractivity contribution in [3.63, 3.8) is 0 Å². The summed E-state index contributed by atoms with van der Waals surface area (Å²) in [5, 5.41) is 0. The van der Waals surface area contributed by atoms with Crippen molar-refractivity contribution in [1.82, 2.24) is 4.98 Å². The Morgan fingerprint density at radius 1 is 0.808 bits per heavy atom. The lowest BCUT2D eigenvalue weighted by atomic mass is 10.0. The molecule has 1 aromatic heterocycles. The van der Waals surface area contributed by atoms with Gasteiger partial charge in [0.1, 0.15) is 11.4 Å². The normalized spacial score (nSPS) is 10.5. The molecule has 0 unspecified atom stereocenters. The molecule has 0 fully saturated rings. The van der Waals surface area contributed by atoms with E-state index in [0.717, 1.165) is 22.6 Å². The van der Waals surface area contributed by atoms with Gasteiger partial charge in [-0.2, -0.15) is 0 Å². The van der Waals surface area contributed by atoms with Crippen LogP contribution < -0.4 is 18.9 Å². The summed E-state index contributed by atoms with van der Waals surface area (Å²) >= 11 is 0. The van der Waals surface area contributed by atoms with Gasteiger partial charge in [-0.25, -0.2) is 4.98 Å². The zero-order chi connectivity index (χ0) is 18.7. The molecule has 0 saturated heterocycles. The number of ether oxygens (including phenoxy) is 4. The molecular weight excluding hydrogens is 334 g/mol. The van der Waals surface area contributed by atoms with Gasteiger partial charge in [0.2, 0.25) is 5.75 Å². The molecule has 2 aromatic carbocycles. The van der Waals surface area contributed by atoms with Gasteiger partial charge in [-0.3, -0.25) is 0 Å². The highest BCUT2D eigenvalue weighted by Crippen LogP contribution is 2.43. The molecule has 0 aliphatic heterocycles. The number of hydrogen-bond donors (Lipinski definition) is 0. The Balaban J connectivity index is 2.19. The number of rotatable bonds is 6. The highest BCUT2D eigenvalue weighted by Gasteiger charge is 2.20. The van der Waals surface area contributed by atoms with Gasteiger partial charge in [-0.05, 0) is 24.3 Å². The molecule has 6 heteroatoms. The minimum absolute atomic E-state index is 0.526. The summed E-state index contributed by atoms with van der Waals surface area (Å²) in [6.45, 7) is 1.81. The Hall–Kier alpha value is -3.15. The largest absolute Gasteiger partial charge is 0.497 e. The quantitative estimate of drug-likeness (QED) is 0.655. The monoisotopic (exact) mass is 355 g/mol. The second kappa shape index (κ2) is 7.39. The smallest absolute Gasteiger partial charge is 0.203 e. The predicted octanol–water partition coefficient (Wildman–Crippen LogP) is 4.35. The maximum Gasteiger partial charge on any atom is 0.203 e. The van der Waals surface area contributed by atoms with Gasteiger partial charge >= 0.3 is 0 Å². The summed E-state index contributed by atoms with van der Waals surface area (Å²) in [6, 6.07) is 11.3. The van der Waals surface area contributed by atoms with Crippen molar-refractivity contribution < 1.29 is 23.4 Å². The van der Waals surface area contributed by atoms with Crippen LogP contribution in [0.5, 0.6) is 23.0 Å². The number of hydrogen-bond acceptors (Lipinski definition) is 6. The Kier molecular flexibility index (Phi) is 5.02. The molecular formula is C20H21NO5. The maximum absolute atomic E-state index is 5.90. The molecule has 0 N–H and O–H groups in total. The van der Waals surface area contributed by atoms with Crippen molar-refractivity contribution >= 4 is 0 Å². The molecule has 136 valence electrons. The summed E-state index contributed by atoms with van der Waals surface area (Å²) in [6.07, 6.45) is 0. The van der Waals surface area contributed by atoms with E-state index in [9.17, 15) is 0 Å². The van der Waals surface area contributed by atoms with Crippen molar-refractivity contribution in [3.8, 4) is 45.6 Å². The van der Waals surface area contributed by atoms with Crippen LogP contribution in [0.4, 0.5) is 0 Å². The van der Waals surface area contributed by atoms with E-state index in [1.165, 1.54) is 0 Å². The summed E-state index contributed by atoms with van der Waals surface area (Å²) in [5.74, 6) is 3.55. The molecule has 0 atom stereocenters. The number of aryl methyl sites for hydroxylation is 1. The molecule has 0 aliphatic carbocycles. The molecule has 0 amide bonds. The van der Waals surface area contributed by atoms with Crippen LogP contribution >= 0.6 is 0 Å². The Morgan fingerprint density at radius 2 is 1.50 bits per heavy atom. The van der Waals surface area contributed by atoms with Gasteiger partial charge in [0.25, 0.3) is 0 Å². The van der Waals surface area contributed by atoms with Gasteiger partial charge in [0.05, 0.1) is 28.4 Å². The van der Waals surface area contributed by atoms with Crippen molar-refractivity contribution in [3.05, 3.63) is 42.3 Å². The lowest BCUT2D eigenvalue weighted by Crippen LogP contribution is -1.96. The Morgan fingerprint density at radius 3 is 2.08 bits per heavy atom. The van der Waals surface area contributed by atoms with Gasteiger partial charge in [0, 0.05) is 18.1 Å². The van der Waals surface area contributed by atoms with E-state index in [0.29, 0.717) is 28.9 Å². The molecule has 1 heterocycles. The first-order chi connectivity index (χ1) is 12.6. The lowest BCUT2D eigenvalue weighted by molar-refractivity contribution is 0.324. The van der Waals surface area contributed by atoms with E-state index in [1.54, 1.807) is 28.4 Å². The highest BCUT2D eigenvalue weighted by molar-refractivity contribution is 5.80. The van der Waals surface area contributed by atoms with Crippen LogP contribution in [0.1, 0.15) is 5.89 Å². The molecule has 6 nitrogen and oxygen atoms in total. The van der Waals surface area contributed by atoms with Crippen LogP contribution in [-0.2, 0) is 0 Å². The fraction of sp³-hybridized carbons (Fsp3) is 0.250. The number of nitrogens with zero attached hydrogens (tertiary/aromatic N) is 1. The van der Waals surface area contributed by atoms with Gasteiger partial charge < -0.3 is 23.4 Å². The fourth-order valence-corrected chi connectivity index (χ4v) is 2.80. The molecule has 0 saturated carbocycles. The minimum atomic E-state index is 0.526. The molecule has 0 radical (unpaired) electrons. The Labute approximate surface area is 152 Å². The number of benzene rings is 2. The van der Waals surface area contributed by atoms with E-state index in [2.05, 4.69) is 4.98 Å². The van der Waals surface area contributed by atoms with Crippen LogP contribution in [0, 0.1) is 6.92 Å². The van der Waals surface area contributed by atoms with E-state index >= 15 is 0 Å². The molecule has 3 aromatic rings. The number of aromatic nitrogens is 1. The predicted molar refractivity (Wildman–Crippen MR) is 98.3 cm³/mol. The van der Waals surface area contributed by atoms with Crippen molar-refractivity contribution in [2.75, 3.05) is 28.4 Å². The zero-order valence-corrected chi connectivity index (χ0v) is 15.5. The highest BCUT2D eigenvalue weighted by atomic mass is 16.5. The third kappa shape index (κ3) is 3.18. The maximum atomic E-state index is 5.90. The average Bonchev–Trinajstić information content (AvgIpc) is 3.08. The zero-order valence-electron chi connectivity index (χ0n) is 15.5. The van der Waals surface area contributed by atoms with Gasteiger partial charge in [0.15, 0.2) is 23.1 Å². The molecule has 26 heavy (non-hydrogen) atoms. The second-order valence-electron chi connectivity index (χ2n) is 5.56. The summed E-state index contributed by atoms with van der Waals surface area (Å²) < 4.78 is 27.5. The molecule has 0 aliphatic rings. The molecule has 3 rings (SSSR count). The van der Waals surface area contributed by atoms with E-state index < -0.39 is 0 Å². The van der Waals surface area contributed by atoms with Crippen LogP contribution in [0.15, 0.2) is 40.8 Å². The summed E-state index contributed by atoms with van der Waals surface area (Å²) in [5.41, 5.74) is 2.39. The topological polar surface area (TPSA) is 63.0 Å². The van der Waals surface area contributed by atoms with Gasteiger partial charge in [-0.1, -0.05) is 12.1 Å².